The molecule has 3 saturated heterocycles. The molecule has 17 nitrogen and oxygen atoms in total. The van der Waals surface area contributed by atoms with Crippen molar-refractivity contribution < 1.29 is 37.5 Å². The highest BCUT2D eigenvalue weighted by Crippen LogP contribution is 2.54. The summed E-state index contributed by atoms with van der Waals surface area (Å²) in [5, 5.41) is 26.7. The molecule has 384 valence electrons. The molecule has 5 aromatic rings. The molecule has 3 aromatic carbocycles. The fourth-order valence-electron chi connectivity index (χ4n) is 12.3. The lowest BCUT2D eigenvalue weighted by atomic mass is 9.59. The number of hydrogen-bond donors (Lipinski definition) is 4. The van der Waals surface area contributed by atoms with E-state index in [4.69, 9.17) is 19.2 Å². The van der Waals surface area contributed by atoms with Crippen molar-refractivity contribution in [3.8, 4) is 5.88 Å². The Bertz CT molecular complexity index is 2930. The van der Waals surface area contributed by atoms with Crippen molar-refractivity contribution in [2.24, 2.45) is 11.3 Å². The zero-order valence-electron chi connectivity index (χ0n) is 40.9. The van der Waals surface area contributed by atoms with Crippen LogP contribution in [0.25, 0.3) is 11.0 Å². The summed E-state index contributed by atoms with van der Waals surface area (Å²) < 4.78 is 49.2. The SMILES string of the molecule is Cc1ccccc1[C@@H]1COCCCN1C1CC2(CCN(c3ccc(C(=O)NS(=O)(=O)c4ccc(NC[C@H]5CC[C@](C)(O)CC5)c([N+](=O)[O-])c4)c(N4c5cc6cc[nH]c6nc5O[C@H]5COCC[C@@H]54)c3)CC2)C1.Cl. The first-order valence-electron chi connectivity index (χ1n) is 25.3. The van der Waals surface area contributed by atoms with Gasteiger partial charge in [-0.15, -0.1) is 12.4 Å². The number of aromatic amines is 1. The summed E-state index contributed by atoms with van der Waals surface area (Å²) in [5.74, 6) is -0.311. The number of aliphatic hydroxyl groups is 1. The van der Waals surface area contributed by atoms with Gasteiger partial charge in [0.1, 0.15) is 23.1 Å². The third kappa shape index (κ3) is 9.85. The van der Waals surface area contributed by atoms with Crippen molar-refractivity contribution in [3.63, 3.8) is 0 Å². The summed E-state index contributed by atoms with van der Waals surface area (Å²) in [6, 6.07) is 22.3. The molecule has 0 bridgehead atoms. The number of piperidine rings is 1. The quantitative estimate of drug-likeness (QED) is 0.0723. The predicted molar refractivity (Wildman–Crippen MR) is 277 cm³/mol. The molecule has 6 heterocycles. The van der Waals surface area contributed by atoms with Gasteiger partial charge in [-0.05, 0) is 143 Å². The molecule has 5 fully saturated rings. The van der Waals surface area contributed by atoms with Crippen molar-refractivity contribution in [2.45, 2.75) is 113 Å². The average molecular weight is 1030 g/mol. The minimum Gasteiger partial charge on any atom is -0.468 e. The number of nitro benzene ring substituents is 1. The molecule has 11 rings (SSSR count). The van der Waals surface area contributed by atoms with E-state index in [1.807, 2.05) is 37.4 Å². The number of H-pyrrole nitrogens is 1. The maximum atomic E-state index is 14.7. The molecule has 2 saturated carbocycles. The number of fused-ring (bicyclic) bond motifs is 3. The van der Waals surface area contributed by atoms with Crippen LogP contribution in [0.15, 0.2) is 83.9 Å². The Morgan fingerprint density at radius 2 is 1.72 bits per heavy atom. The molecule has 6 aliphatic rings. The normalized spacial score (nSPS) is 25.5. The molecule has 3 atom stereocenters. The summed E-state index contributed by atoms with van der Waals surface area (Å²) in [5.41, 5.74) is 4.76. The Labute approximate surface area is 426 Å². The van der Waals surface area contributed by atoms with Gasteiger partial charge in [0.15, 0.2) is 0 Å². The number of carbonyl (C=O) groups is 1. The van der Waals surface area contributed by atoms with Crippen LogP contribution in [0.3, 0.4) is 0 Å². The third-order valence-corrected chi connectivity index (χ3v) is 17.8. The van der Waals surface area contributed by atoms with Gasteiger partial charge in [-0.2, -0.15) is 4.98 Å². The molecule has 0 unspecified atom stereocenters. The van der Waals surface area contributed by atoms with Gasteiger partial charge >= 0.3 is 0 Å². The molecular weight excluding hydrogens is 960 g/mol. The summed E-state index contributed by atoms with van der Waals surface area (Å²) in [4.78, 5) is 41.2. The number of ether oxygens (including phenoxy) is 3. The molecular formula is C53H65ClN8O9S. The van der Waals surface area contributed by atoms with E-state index in [0.717, 1.165) is 88.3 Å². The van der Waals surface area contributed by atoms with Gasteiger partial charge in [0.05, 0.1) is 52.0 Å². The molecule has 2 aromatic heterocycles. The highest BCUT2D eigenvalue weighted by Gasteiger charge is 2.50. The van der Waals surface area contributed by atoms with Crippen molar-refractivity contribution in [2.75, 3.05) is 67.7 Å². The monoisotopic (exact) mass is 1020 g/mol. The number of nitrogens with zero attached hydrogens (tertiary/aromatic N) is 5. The largest absolute Gasteiger partial charge is 0.468 e. The number of rotatable bonds is 11. The number of carbonyl (C=O) groups excluding carboxylic acids is 1. The number of pyridine rings is 1. The van der Waals surface area contributed by atoms with Gasteiger partial charge in [-0.1, -0.05) is 24.3 Å². The maximum absolute atomic E-state index is 14.7. The molecule has 4 N–H and O–H groups in total. The van der Waals surface area contributed by atoms with Gasteiger partial charge in [-0.25, -0.2) is 13.1 Å². The van der Waals surface area contributed by atoms with E-state index in [2.05, 4.69) is 60.9 Å². The zero-order chi connectivity index (χ0) is 49.1. The van der Waals surface area contributed by atoms with Crippen LogP contribution in [-0.4, -0.2) is 116 Å². The molecule has 72 heavy (non-hydrogen) atoms. The maximum Gasteiger partial charge on any atom is 0.293 e. The Hall–Kier alpha value is -5.50. The van der Waals surface area contributed by atoms with Crippen LogP contribution in [0.5, 0.6) is 5.88 Å². The fourth-order valence-corrected chi connectivity index (χ4v) is 13.3. The highest BCUT2D eigenvalue weighted by atomic mass is 35.5. The van der Waals surface area contributed by atoms with Crippen LogP contribution in [-0.2, 0) is 19.5 Å². The first-order valence-corrected chi connectivity index (χ1v) is 26.8. The minimum atomic E-state index is -4.62. The Kier molecular flexibility index (Phi) is 14.0. The van der Waals surface area contributed by atoms with Crippen LogP contribution in [0.4, 0.5) is 28.4 Å². The van der Waals surface area contributed by atoms with Crippen molar-refractivity contribution in [1.29, 1.82) is 0 Å². The number of aryl methyl sites for hydroxylation is 1. The summed E-state index contributed by atoms with van der Waals surface area (Å²) in [6.45, 7) is 9.39. The lowest BCUT2D eigenvalue weighted by Gasteiger charge is -2.56. The van der Waals surface area contributed by atoms with Crippen LogP contribution in [0.2, 0.25) is 0 Å². The minimum absolute atomic E-state index is 0. The number of hydrogen-bond acceptors (Lipinski definition) is 14. The fraction of sp³-hybridized carbons (Fsp3) is 0.509. The van der Waals surface area contributed by atoms with Crippen molar-refractivity contribution >= 4 is 67.8 Å². The number of anilines is 4. The average Bonchev–Trinajstić information content (AvgIpc) is 3.68. The molecule has 1 spiro atoms. The van der Waals surface area contributed by atoms with Gasteiger partial charge in [-0.3, -0.25) is 19.8 Å². The first kappa shape index (κ1) is 50.1. The Morgan fingerprint density at radius 3 is 2.50 bits per heavy atom. The summed E-state index contributed by atoms with van der Waals surface area (Å²) in [6.07, 6.45) is 10.1. The second kappa shape index (κ2) is 20.1. The van der Waals surface area contributed by atoms with Crippen LogP contribution in [0, 0.1) is 28.4 Å². The number of amides is 1. The number of benzene rings is 3. The van der Waals surface area contributed by atoms with E-state index in [0.29, 0.717) is 74.6 Å². The van der Waals surface area contributed by atoms with E-state index < -0.39 is 43.1 Å². The molecule has 19 heteroatoms. The van der Waals surface area contributed by atoms with Gasteiger partial charge in [0.25, 0.3) is 21.6 Å². The van der Waals surface area contributed by atoms with Crippen LogP contribution >= 0.6 is 12.4 Å². The van der Waals surface area contributed by atoms with E-state index >= 15 is 0 Å². The van der Waals surface area contributed by atoms with E-state index in [1.165, 1.54) is 23.3 Å². The van der Waals surface area contributed by atoms with Crippen molar-refractivity contribution in [3.05, 3.63) is 106 Å². The summed E-state index contributed by atoms with van der Waals surface area (Å²) >= 11 is 0. The zero-order valence-corrected chi connectivity index (χ0v) is 42.5. The van der Waals surface area contributed by atoms with Gasteiger partial charge in [0.2, 0.25) is 5.88 Å². The second-order valence-electron chi connectivity index (χ2n) is 21.2. The standard InChI is InChI=1S/C53H64N8O9S.ClH/c1-34-6-3-4-7-40(34)47-32-68-24-5-21-59(47)38-29-53(30-38)18-22-58(23-19-53)37-8-10-41(44(27-37)60-43-15-25-69-33-48(43)70-51-46(60)26-36-14-20-54-49(36)56-51)50(62)57-71(66,67)39-9-11-42(45(28-39)61(64)65)55-31-35-12-16-52(2,63)17-13-35;/h3-4,6-11,14,20,26-28,35,38,43,47-48,55,63H,5,12-13,15-19,21-25,29-33H2,1-2H3,(H,54,56)(H,57,62);1H/t35-,43-,47-,48-,52-;/m0./s1. The van der Waals surface area contributed by atoms with Crippen LogP contribution < -0.4 is 24.6 Å². The highest BCUT2D eigenvalue weighted by molar-refractivity contribution is 7.90. The Balaban J connectivity index is 0.00000596. The van der Waals surface area contributed by atoms with Crippen molar-refractivity contribution in [1.82, 2.24) is 19.6 Å². The molecule has 4 aliphatic heterocycles. The molecule has 2 aliphatic carbocycles. The third-order valence-electron chi connectivity index (χ3n) is 16.5. The number of nitrogens with one attached hydrogen (secondary N) is 3. The second-order valence-corrected chi connectivity index (χ2v) is 22.8. The van der Waals surface area contributed by atoms with Gasteiger partial charge in [0, 0.05) is 68.8 Å². The number of aromatic nitrogens is 2. The predicted octanol–water partition coefficient (Wildman–Crippen LogP) is 8.57. The first-order chi connectivity index (χ1) is 34.2. The van der Waals surface area contributed by atoms with E-state index in [-0.39, 0.29) is 47.1 Å². The number of nitro groups is 1. The topological polar surface area (TPSA) is 205 Å². The van der Waals surface area contributed by atoms with Crippen LogP contribution in [0.1, 0.15) is 98.7 Å². The number of sulfonamides is 1. The lowest BCUT2D eigenvalue weighted by molar-refractivity contribution is -0.384. The van der Waals surface area contributed by atoms with E-state index in [1.54, 1.807) is 6.07 Å². The lowest BCUT2D eigenvalue weighted by Crippen LogP contribution is -2.56. The summed E-state index contributed by atoms with van der Waals surface area (Å²) in [7, 11) is -4.62. The van der Waals surface area contributed by atoms with Gasteiger partial charge < -0.3 is 39.4 Å². The van der Waals surface area contributed by atoms with E-state index in [9.17, 15) is 28.4 Å². The number of halogens is 1. The smallest absolute Gasteiger partial charge is 0.293 e. The molecule has 0 radical (unpaired) electrons. The Morgan fingerprint density at radius 1 is 0.944 bits per heavy atom. The molecule has 1 amide bonds.